The maximum absolute atomic E-state index is 6.51. The molecule has 1 aliphatic heterocycles. The van der Waals surface area contributed by atoms with Crippen LogP contribution < -0.4 is 5.46 Å². The first-order valence-electron chi connectivity index (χ1n) is 13.4. The highest BCUT2D eigenvalue weighted by Crippen LogP contribution is 2.60. The van der Waals surface area contributed by atoms with Gasteiger partial charge in [-0.1, -0.05) is 78.9 Å². The van der Waals surface area contributed by atoms with E-state index in [4.69, 9.17) is 4.65 Å². The van der Waals surface area contributed by atoms with Gasteiger partial charge in [-0.05, 0) is 89.7 Å². The van der Waals surface area contributed by atoms with Gasteiger partial charge in [0.25, 0.3) is 0 Å². The molecule has 0 N–H and O–H groups in total. The number of hydrogen-bond acceptors (Lipinski definition) is 1. The predicted molar refractivity (Wildman–Crippen MR) is 156 cm³/mol. The third-order valence-corrected chi connectivity index (χ3v) is 8.77. The van der Waals surface area contributed by atoms with E-state index in [0.717, 1.165) is 0 Å². The van der Waals surface area contributed by atoms with Gasteiger partial charge in [0.15, 0.2) is 0 Å². The summed E-state index contributed by atoms with van der Waals surface area (Å²) in [6.45, 7) is 4.72. The molecule has 1 saturated carbocycles. The summed E-state index contributed by atoms with van der Waals surface area (Å²) in [6.07, 6.45) is 1.29. The molecule has 1 saturated heterocycles. The first-order chi connectivity index (χ1) is 18.1. The number of hydrogen-bond donors (Lipinski definition) is 0. The van der Waals surface area contributed by atoms with E-state index < -0.39 is 0 Å². The van der Waals surface area contributed by atoms with Gasteiger partial charge in [-0.3, -0.25) is 0 Å². The molecule has 2 atom stereocenters. The molecule has 3 heteroatoms. The molecule has 0 radical (unpaired) electrons. The van der Waals surface area contributed by atoms with E-state index in [9.17, 15) is 0 Å². The van der Waals surface area contributed by atoms with Crippen molar-refractivity contribution in [2.75, 3.05) is 0 Å². The summed E-state index contributed by atoms with van der Waals surface area (Å²) in [6, 6.07) is 40.0. The van der Waals surface area contributed by atoms with E-state index in [2.05, 4.69) is 128 Å². The lowest BCUT2D eigenvalue weighted by atomic mass is 9.56. The van der Waals surface area contributed by atoms with E-state index in [-0.39, 0.29) is 12.5 Å². The zero-order valence-electron chi connectivity index (χ0n) is 21.2. The summed E-state index contributed by atoms with van der Waals surface area (Å²) in [7, 11) is 0. The van der Waals surface area contributed by atoms with Crippen LogP contribution in [0, 0.1) is 5.92 Å². The fourth-order valence-electron chi connectivity index (χ4n) is 6.89. The highest BCUT2D eigenvalue weighted by Gasteiger charge is 2.61. The zero-order valence-corrected chi connectivity index (χ0v) is 21.2. The van der Waals surface area contributed by atoms with Gasteiger partial charge in [0.05, 0.1) is 11.0 Å². The third-order valence-electron chi connectivity index (χ3n) is 8.77. The van der Waals surface area contributed by atoms with Crippen LogP contribution in [0.2, 0.25) is 5.82 Å². The van der Waals surface area contributed by atoms with Gasteiger partial charge in [0, 0.05) is 22.1 Å². The molecule has 2 nitrogen and oxygen atoms in total. The summed E-state index contributed by atoms with van der Waals surface area (Å²) in [5.41, 5.74) is 7.47. The smallest absolute Gasteiger partial charge is 0.330 e. The number of benzene rings is 5. The maximum atomic E-state index is 6.51. The highest BCUT2D eigenvalue weighted by atomic mass is 16.5. The minimum atomic E-state index is -0.00935. The Morgan fingerprint density at radius 1 is 0.730 bits per heavy atom. The van der Waals surface area contributed by atoms with Gasteiger partial charge in [-0.15, -0.1) is 0 Å². The molecule has 5 aromatic carbocycles. The Labute approximate surface area is 217 Å². The molecule has 0 bridgehead atoms. The number of rotatable bonds is 3. The SMILES string of the molecule is CC1(C)OB(c2cccc(-c3ccc4c(c3)c3c5ccccc5ccc3n4-c3ccccc3)c2)C2CC21. The predicted octanol–water partition coefficient (Wildman–Crippen LogP) is 8.00. The van der Waals surface area contributed by atoms with Crippen molar-refractivity contribution in [3.8, 4) is 16.8 Å². The molecule has 1 aliphatic carbocycles. The van der Waals surface area contributed by atoms with E-state index in [0.29, 0.717) is 11.7 Å². The Kier molecular flexibility index (Phi) is 4.37. The van der Waals surface area contributed by atoms with Crippen molar-refractivity contribution in [1.82, 2.24) is 4.57 Å². The van der Waals surface area contributed by atoms with Gasteiger partial charge in [0.2, 0.25) is 0 Å². The Morgan fingerprint density at radius 2 is 1.51 bits per heavy atom. The summed E-state index contributed by atoms with van der Waals surface area (Å²) < 4.78 is 8.91. The topological polar surface area (TPSA) is 14.2 Å². The van der Waals surface area contributed by atoms with Crippen molar-refractivity contribution >= 4 is 45.0 Å². The van der Waals surface area contributed by atoms with Gasteiger partial charge in [-0.25, -0.2) is 0 Å². The lowest BCUT2D eigenvalue weighted by Gasteiger charge is -2.24. The fraction of sp³-hybridized carbons (Fsp3) is 0.176. The van der Waals surface area contributed by atoms with Gasteiger partial charge in [-0.2, -0.15) is 0 Å². The number of aromatic nitrogens is 1. The molecule has 2 heterocycles. The third kappa shape index (κ3) is 3.17. The van der Waals surface area contributed by atoms with Crippen LogP contribution >= 0.6 is 0 Å². The van der Waals surface area contributed by atoms with Gasteiger partial charge in [0.1, 0.15) is 0 Å². The molecule has 0 amide bonds. The van der Waals surface area contributed by atoms with Crippen LogP contribution in [0.3, 0.4) is 0 Å². The minimum absolute atomic E-state index is 0.00935. The zero-order chi connectivity index (χ0) is 24.7. The maximum Gasteiger partial charge on any atom is 0.330 e. The van der Waals surface area contributed by atoms with Crippen molar-refractivity contribution in [2.24, 2.45) is 5.92 Å². The summed E-state index contributed by atoms with van der Waals surface area (Å²) in [5, 5.41) is 5.18. The van der Waals surface area contributed by atoms with Crippen LogP contribution in [-0.2, 0) is 4.65 Å². The summed E-state index contributed by atoms with van der Waals surface area (Å²) in [5.74, 6) is 1.37. The van der Waals surface area contributed by atoms with E-state index in [1.165, 1.54) is 61.3 Å². The molecule has 6 aromatic rings. The van der Waals surface area contributed by atoms with Crippen LogP contribution in [-0.4, -0.2) is 17.1 Å². The Morgan fingerprint density at radius 3 is 2.32 bits per heavy atom. The van der Waals surface area contributed by atoms with Crippen molar-refractivity contribution in [1.29, 1.82) is 0 Å². The first-order valence-corrected chi connectivity index (χ1v) is 13.4. The molecule has 2 aliphatic rings. The molecule has 178 valence electrons. The molecular weight excluding hydrogens is 449 g/mol. The van der Waals surface area contributed by atoms with Crippen LogP contribution in [0.1, 0.15) is 20.3 Å². The second-order valence-electron chi connectivity index (χ2n) is 11.4. The molecule has 2 fully saturated rings. The molecule has 37 heavy (non-hydrogen) atoms. The second-order valence-corrected chi connectivity index (χ2v) is 11.4. The normalized spacial score (nSPS) is 20.1. The summed E-state index contributed by atoms with van der Waals surface area (Å²) in [4.78, 5) is 0. The lowest BCUT2D eigenvalue weighted by Crippen LogP contribution is -2.36. The summed E-state index contributed by atoms with van der Waals surface area (Å²) >= 11 is 0. The van der Waals surface area contributed by atoms with Crippen molar-refractivity contribution in [3.05, 3.63) is 109 Å². The first kappa shape index (κ1) is 21.3. The average Bonchev–Trinajstić information content (AvgIpc) is 3.61. The molecular formula is C34H28BNO. The highest BCUT2D eigenvalue weighted by molar-refractivity contribution is 6.70. The Balaban J connectivity index is 1.34. The Hall–Kier alpha value is -3.82. The monoisotopic (exact) mass is 477 g/mol. The largest absolute Gasteiger partial charge is 0.425 e. The van der Waals surface area contributed by atoms with Gasteiger partial charge >= 0.3 is 6.92 Å². The van der Waals surface area contributed by atoms with E-state index in [1.54, 1.807) is 0 Å². The molecule has 2 unspecified atom stereocenters. The van der Waals surface area contributed by atoms with Crippen LogP contribution in [0.15, 0.2) is 109 Å². The quantitative estimate of drug-likeness (QED) is 0.236. The minimum Gasteiger partial charge on any atom is -0.425 e. The van der Waals surface area contributed by atoms with E-state index in [1.807, 2.05) is 0 Å². The Bertz CT molecular complexity index is 1830. The fourth-order valence-corrected chi connectivity index (χ4v) is 6.89. The molecule has 0 spiro atoms. The van der Waals surface area contributed by atoms with E-state index >= 15 is 0 Å². The van der Waals surface area contributed by atoms with Crippen LogP contribution in [0.4, 0.5) is 0 Å². The number of nitrogens with zero attached hydrogens (tertiary/aromatic N) is 1. The van der Waals surface area contributed by atoms with Crippen LogP contribution in [0.25, 0.3) is 49.4 Å². The van der Waals surface area contributed by atoms with Crippen molar-refractivity contribution < 1.29 is 4.65 Å². The molecule has 8 rings (SSSR count). The number of fused-ring (bicyclic) bond motifs is 6. The second kappa shape index (κ2) is 7.60. The average molecular weight is 477 g/mol. The van der Waals surface area contributed by atoms with Gasteiger partial charge < -0.3 is 9.22 Å². The lowest BCUT2D eigenvalue weighted by molar-refractivity contribution is 0.108. The standard InChI is InChI=1S/C34H28BNO/c1-34(2)29-21-30(29)35(37-34)25-11-8-10-23(19-25)24-16-17-31-28(20-24)33-27-14-7-6-9-22(27)15-18-32(33)36(31)26-12-4-3-5-13-26/h3-20,29-30H,21H2,1-2H3. The number of para-hydroxylation sites is 1. The molecule has 1 aromatic heterocycles. The van der Waals surface area contributed by atoms with Crippen molar-refractivity contribution in [3.63, 3.8) is 0 Å². The van der Waals surface area contributed by atoms with Crippen LogP contribution in [0.5, 0.6) is 0 Å². The van der Waals surface area contributed by atoms with Crippen molar-refractivity contribution in [2.45, 2.75) is 31.7 Å².